The van der Waals surface area contributed by atoms with Crippen LogP contribution in [0, 0.1) is 6.92 Å². The Balaban J connectivity index is 1.80. The first-order chi connectivity index (χ1) is 13.4. The minimum absolute atomic E-state index is 0.119. The number of hydrogen-bond donors (Lipinski definition) is 1. The molecule has 0 unspecified atom stereocenters. The third-order valence-corrected chi connectivity index (χ3v) is 4.57. The summed E-state index contributed by atoms with van der Waals surface area (Å²) in [6.45, 7) is 3.64. The van der Waals surface area contributed by atoms with Crippen molar-refractivity contribution >= 4 is 16.8 Å². The van der Waals surface area contributed by atoms with Crippen molar-refractivity contribution in [2.24, 2.45) is 0 Å². The highest BCUT2D eigenvalue weighted by atomic mass is 16.5. The number of benzene rings is 2. The Bertz CT molecular complexity index is 1070. The van der Waals surface area contributed by atoms with Crippen LogP contribution < -0.4 is 20.3 Å². The lowest BCUT2D eigenvalue weighted by Gasteiger charge is -2.18. The Morgan fingerprint density at radius 1 is 1.18 bits per heavy atom. The molecule has 7 heteroatoms. The first kappa shape index (κ1) is 19.4. The number of nitrogens with zero attached hydrogens (tertiary/aromatic N) is 2. The zero-order valence-electron chi connectivity index (χ0n) is 16.4. The van der Waals surface area contributed by atoms with Gasteiger partial charge in [-0.2, -0.15) is 0 Å². The van der Waals surface area contributed by atoms with E-state index in [0.29, 0.717) is 22.4 Å². The van der Waals surface area contributed by atoms with Crippen LogP contribution in [0.25, 0.3) is 10.9 Å². The van der Waals surface area contributed by atoms with Gasteiger partial charge in [-0.3, -0.25) is 14.2 Å². The molecule has 0 aliphatic carbocycles. The predicted molar refractivity (Wildman–Crippen MR) is 107 cm³/mol. The van der Waals surface area contributed by atoms with E-state index >= 15 is 0 Å². The third-order valence-electron chi connectivity index (χ3n) is 4.57. The number of amides is 1. The van der Waals surface area contributed by atoms with Crippen LogP contribution in [0.3, 0.4) is 0 Å². The van der Waals surface area contributed by atoms with Crippen molar-refractivity contribution in [2.75, 3.05) is 14.2 Å². The van der Waals surface area contributed by atoms with E-state index in [1.54, 1.807) is 38.5 Å². The van der Waals surface area contributed by atoms with Crippen LogP contribution in [0.2, 0.25) is 0 Å². The molecule has 0 aliphatic heterocycles. The van der Waals surface area contributed by atoms with Crippen molar-refractivity contribution in [1.29, 1.82) is 0 Å². The summed E-state index contributed by atoms with van der Waals surface area (Å²) in [4.78, 5) is 29.5. The van der Waals surface area contributed by atoms with Gasteiger partial charge in [-0.1, -0.05) is 11.6 Å². The van der Waals surface area contributed by atoms with Gasteiger partial charge in [-0.15, -0.1) is 0 Å². The van der Waals surface area contributed by atoms with E-state index < -0.39 is 0 Å². The standard InChI is InChI=1S/C21H23N3O4/c1-13-5-7-18-17(9-13)21(26)24(12-22-18)11-20(25)23-14(2)16-10-15(27-3)6-8-19(16)28-4/h5-10,12,14H,11H2,1-4H3,(H,23,25)/t14-/m0/s1. The Hall–Kier alpha value is -3.35. The van der Waals surface area contributed by atoms with Crippen LogP contribution in [0.4, 0.5) is 0 Å². The van der Waals surface area contributed by atoms with Gasteiger partial charge in [0.25, 0.3) is 5.56 Å². The number of rotatable bonds is 6. The van der Waals surface area contributed by atoms with Crippen molar-refractivity contribution in [2.45, 2.75) is 26.4 Å². The van der Waals surface area contributed by atoms with E-state index in [2.05, 4.69) is 10.3 Å². The number of carbonyl (C=O) groups is 1. The number of aryl methyl sites for hydroxylation is 1. The Kier molecular flexibility index (Phi) is 5.63. The monoisotopic (exact) mass is 381 g/mol. The maximum atomic E-state index is 12.7. The molecule has 2 aromatic carbocycles. The second-order valence-electron chi connectivity index (χ2n) is 6.60. The Labute approximate surface area is 162 Å². The summed E-state index contributed by atoms with van der Waals surface area (Å²) >= 11 is 0. The molecule has 0 fully saturated rings. The lowest BCUT2D eigenvalue weighted by Crippen LogP contribution is -2.34. The maximum Gasteiger partial charge on any atom is 0.261 e. The van der Waals surface area contributed by atoms with E-state index in [1.807, 2.05) is 26.0 Å². The van der Waals surface area contributed by atoms with Gasteiger partial charge in [0.2, 0.25) is 5.91 Å². The Morgan fingerprint density at radius 2 is 1.96 bits per heavy atom. The minimum Gasteiger partial charge on any atom is -0.497 e. The van der Waals surface area contributed by atoms with Gasteiger partial charge >= 0.3 is 0 Å². The highest BCUT2D eigenvalue weighted by molar-refractivity contribution is 5.79. The van der Waals surface area contributed by atoms with Gasteiger partial charge < -0.3 is 14.8 Å². The molecule has 0 bridgehead atoms. The molecule has 0 spiro atoms. The number of ether oxygens (including phenoxy) is 2. The summed E-state index contributed by atoms with van der Waals surface area (Å²) < 4.78 is 11.9. The van der Waals surface area contributed by atoms with Crippen LogP contribution in [0.1, 0.15) is 24.1 Å². The largest absolute Gasteiger partial charge is 0.497 e. The molecule has 1 N–H and O–H groups in total. The van der Waals surface area contributed by atoms with Crippen molar-refractivity contribution < 1.29 is 14.3 Å². The van der Waals surface area contributed by atoms with Crippen LogP contribution in [0.15, 0.2) is 47.5 Å². The summed E-state index contributed by atoms with van der Waals surface area (Å²) in [6, 6.07) is 10.5. The van der Waals surface area contributed by atoms with Gasteiger partial charge in [0.05, 0.1) is 37.5 Å². The second-order valence-corrected chi connectivity index (χ2v) is 6.60. The first-order valence-electron chi connectivity index (χ1n) is 8.90. The summed E-state index contributed by atoms with van der Waals surface area (Å²) in [5, 5.41) is 3.39. The number of fused-ring (bicyclic) bond motifs is 1. The Morgan fingerprint density at radius 3 is 2.68 bits per heavy atom. The minimum atomic E-state index is -0.330. The topological polar surface area (TPSA) is 82.4 Å². The highest BCUT2D eigenvalue weighted by Crippen LogP contribution is 2.29. The van der Waals surface area contributed by atoms with E-state index in [4.69, 9.17) is 9.47 Å². The molecular weight excluding hydrogens is 358 g/mol. The molecule has 1 amide bonds. The molecular formula is C21H23N3O4. The summed E-state index contributed by atoms with van der Waals surface area (Å²) in [5.74, 6) is 1.02. The van der Waals surface area contributed by atoms with Crippen LogP contribution in [-0.2, 0) is 11.3 Å². The number of methoxy groups -OCH3 is 2. The van der Waals surface area contributed by atoms with Gasteiger partial charge in [0.15, 0.2) is 0 Å². The normalized spacial score (nSPS) is 11.9. The quantitative estimate of drug-likeness (QED) is 0.710. The number of carbonyl (C=O) groups excluding carboxylic acids is 1. The van der Waals surface area contributed by atoms with E-state index in [-0.39, 0.29) is 24.1 Å². The average Bonchev–Trinajstić information content (AvgIpc) is 2.69. The fraction of sp³-hybridized carbons (Fsp3) is 0.286. The van der Waals surface area contributed by atoms with Gasteiger partial charge in [-0.25, -0.2) is 4.98 Å². The van der Waals surface area contributed by atoms with Crippen molar-refractivity contribution in [3.63, 3.8) is 0 Å². The van der Waals surface area contributed by atoms with Gasteiger partial charge in [0.1, 0.15) is 18.0 Å². The zero-order chi connectivity index (χ0) is 20.3. The molecule has 7 nitrogen and oxygen atoms in total. The molecule has 3 rings (SSSR count). The number of aromatic nitrogens is 2. The summed E-state index contributed by atoms with van der Waals surface area (Å²) in [7, 11) is 3.15. The fourth-order valence-electron chi connectivity index (χ4n) is 3.08. The fourth-order valence-corrected chi connectivity index (χ4v) is 3.08. The van der Waals surface area contributed by atoms with Crippen LogP contribution in [-0.4, -0.2) is 29.7 Å². The average molecular weight is 381 g/mol. The van der Waals surface area contributed by atoms with Crippen LogP contribution >= 0.6 is 0 Å². The summed E-state index contributed by atoms with van der Waals surface area (Å²) in [5.41, 5.74) is 2.12. The second kappa shape index (κ2) is 8.12. The molecule has 3 aromatic rings. The molecule has 0 saturated heterocycles. The highest BCUT2D eigenvalue weighted by Gasteiger charge is 2.16. The third kappa shape index (κ3) is 3.98. The first-order valence-corrected chi connectivity index (χ1v) is 8.90. The van der Waals surface area contributed by atoms with E-state index in [1.165, 1.54) is 10.9 Å². The molecule has 1 atom stereocenters. The molecule has 146 valence electrons. The number of hydrogen-bond acceptors (Lipinski definition) is 5. The lowest BCUT2D eigenvalue weighted by molar-refractivity contribution is -0.122. The number of nitrogens with one attached hydrogen (secondary N) is 1. The molecule has 0 saturated carbocycles. The van der Waals surface area contributed by atoms with Crippen LogP contribution in [0.5, 0.6) is 11.5 Å². The lowest BCUT2D eigenvalue weighted by atomic mass is 10.1. The molecule has 0 aliphatic rings. The molecule has 0 radical (unpaired) electrons. The maximum absolute atomic E-state index is 12.7. The molecule has 1 aromatic heterocycles. The molecule has 1 heterocycles. The molecule has 28 heavy (non-hydrogen) atoms. The van der Waals surface area contributed by atoms with Gasteiger partial charge in [-0.05, 0) is 44.2 Å². The van der Waals surface area contributed by atoms with Crippen molar-refractivity contribution in [3.05, 3.63) is 64.2 Å². The van der Waals surface area contributed by atoms with E-state index in [0.717, 1.165) is 11.1 Å². The van der Waals surface area contributed by atoms with Crippen molar-refractivity contribution in [3.8, 4) is 11.5 Å². The summed E-state index contributed by atoms with van der Waals surface area (Å²) in [6.07, 6.45) is 1.40. The smallest absolute Gasteiger partial charge is 0.261 e. The predicted octanol–water partition coefficient (Wildman–Crippen LogP) is 2.60. The van der Waals surface area contributed by atoms with Crippen molar-refractivity contribution in [1.82, 2.24) is 14.9 Å². The van der Waals surface area contributed by atoms with E-state index in [9.17, 15) is 9.59 Å². The van der Waals surface area contributed by atoms with Gasteiger partial charge in [0, 0.05) is 5.56 Å². The zero-order valence-corrected chi connectivity index (χ0v) is 16.4. The SMILES string of the molecule is COc1ccc(OC)c([C@H](C)NC(=O)Cn2cnc3ccc(C)cc3c2=O)c1.